The Morgan fingerprint density at radius 2 is 1.68 bits per heavy atom. The minimum absolute atomic E-state index is 0.0222. The molecule has 22 heavy (non-hydrogen) atoms. The fourth-order valence-electron chi connectivity index (χ4n) is 2.55. The molecule has 0 spiro atoms. The van der Waals surface area contributed by atoms with Gasteiger partial charge in [0, 0.05) is 38.2 Å². The monoisotopic (exact) mass is 304 g/mol. The topological polar surface area (TPSA) is 60.9 Å². The van der Waals surface area contributed by atoms with Crippen molar-refractivity contribution in [3.05, 3.63) is 29.8 Å². The number of hydrogen-bond acceptors (Lipinski definition) is 3. The van der Waals surface area contributed by atoms with E-state index in [0.29, 0.717) is 38.2 Å². The Bertz CT molecular complexity index is 555. The van der Waals surface area contributed by atoms with Gasteiger partial charge in [-0.1, -0.05) is 26.8 Å². The van der Waals surface area contributed by atoms with Crippen LogP contribution in [0.25, 0.3) is 0 Å². The molecule has 1 aromatic carbocycles. The Morgan fingerprint density at radius 1 is 1.09 bits per heavy atom. The lowest BCUT2D eigenvalue weighted by Gasteiger charge is -2.36. The lowest BCUT2D eigenvalue weighted by atomic mass is 9.91. The molecule has 1 saturated heterocycles. The van der Waals surface area contributed by atoms with Crippen molar-refractivity contribution in [3.63, 3.8) is 0 Å². The van der Waals surface area contributed by atoms with Crippen molar-refractivity contribution in [2.45, 2.75) is 27.2 Å². The second-order valence-corrected chi connectivity index (χ2v) is 6.96. The van der Waals surface area contributed by atoms with E-state index in [1.807, 2.05) is 25.7 Å². The summed E-state index contributed by atoms with van der Waals surface area (Å²) in [5.74, 6) is 0.139. The maximum atomic E-state index is 12.4. The zero-order chi connectivity index (χ0) is 16.3. The van der Waals surface area contributed by atoms with Crippen LogP contribution >= 0.6 is 0 Å². The van der Waals surface area contributed by atoms with Crippen molar-refractivity contribution >= 4 is 11.8 Å². The zero-order valence-electron chi connectivity index (χ0n) is 13.5. The third-order valence-corrected chi connectivity index (χ3v) is 3.69. The fourth-order valence-corrected chi connectivity index (χ4v) is 2.55. The summed E-state index contributed by atoms with van der Waals surface area (Å²) < 4.78 is 0. The van der Waals surface area contributed by atoms with Crippen LogP contribution in [0, 0.1) is 5.41 Å². The molecule has 5 nitrogen and oxygen atoms in total. The number of nitrogens with zero attached hydrogens (tertiary/aromatic N) is 2. The van der Waals surface area contributed by atoms with Crippen LogP contribution in [-0.2, 0) is 4.79 Å². The summed E-state index contributed by atoms with van der Waals surface area (Å²) in [6.45, 7) is 8.35. The van der Waals surface area contributed by atoms with Gasteiger partial charge in [-0.2, -0.15) is 0 Å². The van der Waals surface area contributed by atoms with Crippen LogP contribution in [0.4, 0.5) is 0 Å². The number of rotatable bonds is 2. The van der Waals surface area contributed by atoms with Gasteiger partial charge in [0.2, 0.25) is 5.91 Å². The van der Waals surface area contributed by atoms with Crippen molar-refractivity contribution in [1.29, 1.82) is 0 Å². The van der Waals surface area contributed by atoms with Gasteiger partial charge in [-0.15, -0.1) is 0 Å². The van der Waals surface area contributed by atoms with Crippen LogP contribution in [0.3, 0.4) is 0 Å². The number of piperazine rings is 1. The van der Waals surface area contributed by atoms with Gasteiger partial charge in [-0.05, 0) is 23.6 Å². The molecule has 0 radical (unpaired) electrons. The van der Waals surface area contributed by atoms with E-state index in [1.165, 1.54) is 6.07 Å². The van der Waals surface area contributed by atoms with E-state index in [1.54, 1.807) is 23.1 Å². The second kappa shape index (κ2) is 6.38. The molecule has 0 atom stereocenters. The van der Waals surface area contributed by atoms with Crippen molar-refractivity contribution in [1.82, 2.24) is 9.80 Å². The minimum Gasteiger partial charge on any atom is -0.508 e. The van der Waals surface area contributed by atoms with E-state index >= 15 is 0 Å². The Hall–Kier alpha value is -2.04. The maximum absolute atomic E-state index is 12.4. The number of hydrogen-bond donors (Lipinski definition) is 1. The van der Waals surface area contributed by atoms with E-state index in [9.17, 15) is 14.7 Å². The van der Waals surface area contributed by atoms with Gasteiger partial charge in [0.05, 0.1) is 0 Å². The lowest BCUT2D eigenvalue weighted by molar-refractivity contribution is -0.134. The highest BCUT2D eigenvalue weighted by atomic mass is 16.3. The highest BCUT2D eigenvalue weighted by molar-refractivity contribution is 5.94. The second-order valence-electron chi connectivity index (χ2n) is 6.96. The number of amides is 2. The molecule has 0 aliphatic carbocycles. The molecule has 1 fully saturated rings. The van der Waals surface area contributed by atoms with E-state index in [2.05, 4.69) is 0 Å². The van der Waals surface area contributed by atoms with Gasteiger partial charge in [-0.25, -0.2) is 0 Å². The van der Waals surface area contributed by atoms with E-state index < -0.39 is 0 Å². The van der Waals surface area contributed by atoms with Crippen molar-refractivity contribution in [2.24, 2.45) is 5.41 Å². The molecule has 2 rings (SSSR count). The summed E-state index contributed by atoms with van der Waals surface area (Å²) >= 11 is 0. The van der Waals surface area contributed by atoms with Gasteiger partial charge in [0.25, 0.3) is 5.91 Å². The van der Waals surface area contributed by atoms with Gasteiger partial charge in [0.1, 0.15) is 5.75 Å². The van der Waals surface area contributed by atoms with Gasteiger partial charge >= 0.3 is 0 Å². The van der Waals surface area contributed by atoms with Crippen LogP contribution in [0.2, 0.25) is 0 Å². The Kier molecular flexibility index (Phi) is 4.74. The molecule has 1 heterocycles. The van der Waals surface area contributed by atoms with Gasteiger partial charge in [-0.3, -0.25) is 9.59 Å². The van der Waals surface area contributed by atoms with E-state index in [-0.39, 0.29) is 23.0 Å². The molecule has 0 saturated carbocycles. The molecule has 0 unspecified atom stereocenters. The first kappa shape index (κ1) is 16.3. The average molecular weight is 304 g/mol. The third kappa shape index (κ3) is 4.23. The van der Waals surface area contributed by atoms with E-state index in [4.69, 9.17) is 0 Å². The van der Waals surface area contributed by atoms with Crippen LogP contribution in [0.15, 0.2) is 24.3 Å². The standard InChI is InChI=1S/C17H24N2O3/c1-17(2,3)12-15(21)18-7-9-19(10-8-18)16(22)13-5-4-6-14(20)11-13/h4-6,11,20H,7-10,12H2,1-3H3. The Balaban J connectivity index is 1.92. The molecule has 1 aliphatic heterocycles. The molecule has 5 heteroatoms. The first-order valence-corrected chi connectivity index (χ1v) is 7.62. The quantitative estimate of drug-likeness (QED) is 0.910. The number of carbonyl (C=O) groups is 2. The van der Waals surface area contributed by atoms with Crippen molar-refractivity contribution in [3.8, 4) is 5.75 Å². The molecule has 120 valence electrons. The first-order valence-electron chi connectivity index (χ1n) is 7.62. The SMILES string of the molecule is CC(C)(C)CC(=O)N1CCN(C(=O)c2cccc(O)c2)CC1. The molecule has 1 aliphatic rings. The Labute approximate surface area is 131 Å². The smallest absolute Gasteiger partial charge is 0.254 e. The molecular weight excluding hydrogens is 280 g/mol. The number of phenolic OH excluding ortho intramolecular Hbond substituents is 1. The summed E-state index contributed by atoms with van der Waals surface area (Å²) in [5.41, 5.74) is 0.459. The van der Waals surface area contributed by atoms with Crippen molar-refractivity contribution in [2.75, 3.05) is 26.2 Å². The van der Waals surface area contributed by atoms with Crippen LogP contribution < -0.4 is 0 Å². The molecule has 2 amide bonds. The van der Waals surface area contributed by atoms with Crippen molar-refractivity contribution < 1.29 is 14.7 Å². The molecule has 0 aromatic heterocycles. The van der Waals surface area contributed by atoms with Crippen LogP contribution in [0.1, 0.15) is 37.6 Å². The zero-order valence-corrected chi connectivity index (χ0v) is 13.5. The molecule has 1 aromatic rings. The minimum atomic E-state index is -0.0983. The largest absolute Gasteiger partial charge is 0.508 e. The summed E-state index contributed by atoms with van der Waals surface area (Å²) in [6.07, 6.45) is 0.521. The lowest BCUT2D eigenvalue weighted by Crippen LogP contribution is -2.51. The predicted molar refractivity (Wildman–Crippen MR) is 84.7 cm³/mol. The number of phenols is 1. The Morgan fingerprint density at radius 3 is 2.23 bits per heavy atom. The summed E-state index contributed by atoms with van der Waals surface area (Å²) in [5, 5.41) is 9.46. The molecule has 0 bridgehead atoms. The number of carbonyl (C=O) groups excluding carboxylic acids is 2. The first-order chi connectivity index (χ1) is 10.3. The highest BCUT2D eigenvalue weighted by Gasteiger charge is 2.27. The van der Waals surface area contributed by atoms with Crippen LogP contribution in [0.5, 0.6) is 5.75 Å². The maximum Gasteiger partial charge on any atom is 0.254 e. The third-order valence-electron chi connectivity index (χ3n) is 3.69. The fraction of sp³-hybridized carbons (Fsp3) is 0.529. The molecular formula is C17H24N2O3. The number of aromatic hydroxyl groups is 1. The van der Waals surface area contributed by atoms with E-state index in [0.717, 1.165) is 0 Å². The summed E-state index contributed by atoms with van der Waals surface area (Å²) in [4.78, 5) is 28.1. The highest BCUT2D eigenvalue weighted by Crippen LogP contribution is 2.21. The normalized spacial score (nSPS) is 15.8. The summed E-state index contributed by atoms with van der Waals surface area (Å²) in [6, 6.07) is 6.37. The van der Waals surface area contributed by atoms with Gasteiger partial charge < -0.3 is 14.9 Å². The van der Waals surface area contributed by atoms with Crippen LogP contribution in [-0.4, -0.2) is 52.9 Å². The number of benzene rings is 1. The molecule has 1 N–H and O–H groups in total. The summed E-state index contributed by atoms with van der Waals surface area (Å²) in [7, 11) is 0. The average Bonchev–Trinajstić information content (AvgIpc) is 2.45. The van der Waals surface area contributed by atoms with Gasteiger partial charge in [0.15, 0.2) is 0 Å². The predicted octanol–water partition coefficient (Wildman–Crippen LogP) is 2.11.